The average molecular weight is 373 g/mol. The largest absolute Gasteiger partial charge is 0.573 e. The van der Waals surface area contributed by atoms with E-state index in [2.05, 4.69) is 10.1 Å². The van der Waals surface area contributed by atoms with Gasteiger partial charge in [-0.25, -0.2) is 0 Å². The first-order valence-corrected chi connectivity index (χ1v) is 8.39. The molecule has 1 aromatic carbocycles. The van der Waals surface area contributed by atoms with Crippen molar-refractivity contribution in [2.45, 2.75) is 51.4 Å². The van der Waals surface area contributed by atoms with Crippen LogP contribution >= 0.6 is 0 Å². The summed E-state index contributed by atoms with van der Waals surface area (Å²) in [7, 11) is 0. The van der Waals surface area contributed by atoms with E-state index in [0.29, 0.717) is 31.2 Å². The molecule has 0 saturated heterocycles. The molecule has 2 atom stereocenters. The number of hydrogen-bond acceptors (Lipinski definition) is 3. The van der Waals surface area contributed by atoms with E-state index in [0.717, 1.165) is 0 Å². The maximum atomic E-state index is 12.5. The summed E-state index contributed by atoms with van der Waals surface area (Å²) < 4.78 is 40.5. The predicted molar refractivity (Wildman–Crippen MR) is 87.4 cm³/mol. The van der Waals surface area contributed by atoms with Crippen molar-refractivity contribution in [1.29, 1.82) is 0 Å². The Kier molecular flexibility index (Phi) is 5.83. The zero-order chi connectivity index (χ0) is 19.5. The van der Waals surface area contributed by atoms with Gasteiger partial charge in [-0.05, 0) is 50.8 Å². The summed E-state index contributed by atoms with van der Waals surface area (Å²) in [4.78, 5) is 23.7. The van der Waals surface area contributed by atoms with E-state index in [4.69, 9.17) is 5.11 Å². The van der Waals surface area contributed by atoms with Crippen molar-refractivity contribution in [1.82, 2.24) is 5.32 Å². The molecule has 0 bridgehead atoms. The monoisotopic (exact) mass is 373 g/mol. The molecule has 0 aliphatic heterocycles. The molecule has 0 heterocycles. The lowest BCUT2D eigenvalue weighted by Gasteiger charge is -2.32. The number of aliphatic carboxylic acids is 1. The molecule has 0 spiro atoms. The van der Waals surface area contributed by atoms with E-state index < -0.39 is 23.8 Å². The highest BCUT2D eigenvalue weighted by Gasteiger charge is 2.34. The Morgan fingerprint density at radius 3 is 2.23 bits per heavy atom. The van der Waals surface area contributed by atoms with Crippen LogP contribution in [0.15, 0.2) is 24.3 Å². The van der Waals surface area contributed by atoms with Gasteiger partial charge < -0.3 is 15.2 Å². The molecule has 1 amide bonds. The van der Waals surface area contributed by atoms with Crippen LogP contribution in [0.5, 0.6) is 5.75 Å². The molecular weight excluding hydrogens is 351 g/mol. The molecule has 26 heavy (non-hydrogen) atoms. The van der Waals surface area contributed by atoms with Gasteiger partial charge in [0.15, 0.2) is 0 Å². The van der Waals surface area contributed by atoms with Gasteiger partial charge in [0, 0.05) is 5.92 Å². The fourth-order valence-electron chi connectivity index (χ4n) is 3.21. The molecule has 5 nitrogen and oxygen atoms in total. The number of amides is 1. The van der Waals surface area contributed by atoms with Crippen molar-refractivity contribution in [3.63, 3.8) is 0 Å². The number of carboxylic acids is 1. The molecule has 1 aromatic rings. The number of carbonyl (C=O) groups is 2. The zero-order valence-electron chi connectivity index (χ0n) is 14.6. The Labute approximate surface area is 149 Å². The maximum Gasteiger partial charge on any atom is 0.573 e. The average Bonchev–Trinajstić information content (AvgIpc) is 2.53. The molecule has 2 N–H and O–H groups in total. The van der Waals surface area contributed by atoms with E-state index in [1.807, 2.05) is 0 Å². The molecule has 144 valence electrons. The Morgan fingerprint density at radius 1 is 1.12 bits per heavy atom. The molecule has 2 rings (SSSR count). The first-order chi connectivity index (χ1) is 12.0. The van der Waals surface area contributed by atoms with Crippen LogP contribution in [0.4, 0.5) is 13.2 Å². The molecule has 1 fully saturated rings. The summed E-state index contributed by atoms with van der Waals surface area (Å²) >= 11 is 0. The van der Waals surface area contributed by atoms with E-state index in [9.17, 15) is 22.8 Å². The van der Waals surface area contributed by atoms with E-state index >= 15 is 0 Å². The lowest BCUT2D eigenvalue weighted by atomic mass is 9.80. The number of benzene rings is 1. The highest BCUT2D eigenvalue weighted by Crippen LogP contribution is 2.31. The normalized spacial score (nSPS) is 21.1. The molecule has 8 heteroatoms. The van der Waals surface area contributed by atoms with Crippen LogP contribution in [-0.4, -0.2) is 23.3 Å². The number of halogens is 3. The SMILES string of the molecule is CC(C)(NC(=O)C1CCCC(C(=O)O)C1)c1ccc(OC(F)(F)F)cc1. The minimum atomic E-state index is -4.76. The van der Waals surface area contributed by atoms with Crippen molar-refractivity contribution in [2.75, 3.05) is 0 Å². The van der Waals surface area contributed by atoms with Crippen molar-refractivity contribution in [2.24, 2.45) is 11.8 Å². The van der Waals surface area contributed by atoms with Gasteiger partial charge in [0.25, 0.3) is 0 Å². The smallest absolute Gasteiger partial charge is 0.481 e. The van der Waals surface area contributed by atoms with Crippen molar-refractivity contribution >= 4 is 11.9 Å². The topological polar surface area (TPSA) is 75.6 Å². The summed E-state index contributed by atoms with van der Waals surface area (Å²) in [6, 6.07) is 5.31. The fraction of sp³-hybridized carbons (Fsp3) is 0.556. The second-order valence-electron chi connectivity index (χ2n) is 7.09. The number of alkyl halides is 3. The lowest BCUT2D eigenvalue weighted by molar-refractivity contribution is -0.274. The molecule has 1 aliphatic carbocycles. The Morgan fingerprint density at radius 2 is 1.69 bits per heavy atom. The second kappa shape index (κ2) is 7.55. The fourth-order valence-corrected chi connectivity index (χ4v) is 3.21. The van der Waals surface area contributed by atoms with Gasteiger partial charge in [-0.2, -0.15) is 0 Å². The van der Waals surface area contributed by atoms with E-state index in [1.165, 1.54) is 24.3 Å². The van der Waals surface area contributed by atoms with Crippen LogP contribution in [0, 0.1) is 11.8 Å². The molecular formula is C18H22F3NO4. The maximum absolute atomic E-state index is 12.5. The van der Waals surface area contributed by atoms with Gasteiger partial charge in [0.05, 0.1) is 11.5 Å². The summed E-state index contributed by atoms with van der Waals surface area (Å²) in [6.45, 7) is 3.48. The first-order valence-electron chi connectivity index (χ1n) is 8.39. The quantitative estimate of drug-likeness (QED) is 0.823. The number of nitrogens with one attached hydrogen (secondary N) is 1. The van der Waals surface area contributed by atoms with Crippen LogP contribution in [0.25, 0.3) is 0 Å². The minimum Gasteiger partial charge on any atom is -0.481 e. The number of carboxylic acid groups (broad SMARTS) is 1. The van der Waals surface area contributed by atoms with Gasteiger partial charge >= 0.3 is 12.3 Å². The second-order valence-corrected chi connectivity index (χ2v) is 7.09. The molecule has 0 aromatic heterocycles. The number of hydrogen-bond donors (Lipinski definition) is 2. The summed E-state index contributed by atoms with van der Waals surface area (Å²) in [5, 5.41) is 12.0. The van der Waals surface area contributed by atoms with E-state index in [-0.39, 0.29) is 17.6 Å². The Bertz CT molecular complexity index is 655. The van der Waals surface area contributed by atoms with Crippen LogP contribution in [-0.2, 0) is 15.1 Å². The molecule has 1 aliphatic rings. The number of carbonyl (C=O) groups excluding carboxylic acids is 1. The van der Waals surface area contributed by atoms with Gasteiger partial charge in [-0.15, -0.1) is 13.2 Å². The summed E-state index contributed by atoms with van der Waals surface area (Å²) in [6.07, 6.45) is -2.57. The zero-order valence-corrected chi connectivity index (χ0v) is 14.6. The van der Waals surface area contributed by atoms with Crippen LogP contribution in [0.2, 0.25) is 0 Å². The summed E-state index contributed by atoms with van der Waals surface area (Å²) in [5.74, 6) is -2.35. The van der Waals surface area contributed by atoms with Gasteiger partial charge in [-0.3, -0.25) is 9.59 Å². The van der Waals surface area contributed by atoms with Crippen LogP contribution < -0.4 is 10.1 Å². The first kappa shape index (κ1) is 20.1. The molecule has 2 unspecified atom stereocenters. The molecule has 0 radical (unpaired) electrons. The van der Waals surface area contributed by atoms with Crippen LogP contribution in [0.1, 0.15) is 45.1 Å². The van der Waals surface area contributed by atoms with Crippen LogP contribution in [0.3, 0.4) is 0 Å². The van der Waals surface area contributed by atoms with Crippen molar-refractivity contribution in [3.8, 4) is 5.75 Å². The third-order valence-corrected chi connectivity index (χ3v) is 4.64. The Hall–Kier alpha value is -2.25. The van der Waals surface area contributed by atoms with Crippen molar-refractivity contribution in [3.05, 3.63) is 29.8 Å². The van der Waals surface area contributed by atoms with Gasteiger partial charge in [0.2, 0.25) is 5.91 Å². The van der Waals surface area contributed by atoms with Gasteiger partial charge in [0.1, 0.15) is 5.75 Å². The summed E-state index contributed by atoms with van der Waals surface area (Å²) in [5.41, 5.74) is -0.199. The third-order valence-electron chi connectivity index (χ3n) is 4.64. The molecule has 1 saturated carbocycles. The minimum absolute atomic E-state index is 0.239. The van der Waals surface area contributed by atoms with E-state index in [1.54, 1.807) is 13.8 Å². The number of ether oxygens (including phenoxy) is 1. The standard InChI is InChI=1S/C18H22F3NO4/c1-17(2,13-6-8-14(9-7-13)26-18(19,20)21)22-15(23)11-4-3-5-12(10-11)16(24)25/h6-9,11-12H,3-5,10H2,1-2H3,(H,22,23)(H,24,25). The highest BCUT2D eigenvalue weighted by molar-refractivity contribution is 5.81. The predicted octanol–water partition coefficient (Wildman–Crippen LogP) is 3.83. The van der Waals surface area contributed by atoms with Gasteiger partial charge in [-0.1, -0.05) is 18.6 Å². The third kappa shape index (κ3) is 5.37. The lowest BCUT2D eigenvalue weighted by Crippen LogP contribution is -2.45. The Balaban J connectivity index is 2.03. The van der Waals surface area contributed by atoms with Crippen molar-refractivity contribution < 1.29 is 32.6 Å². The highest BCUT2D eigenvalue weighted by atomic mass is 19.4. The number of rotatable bonds is 5.